The summed E-state index contributed by atoms with van der Waals surface area (Å²) < 4.78 is 1.91. The molecule has 0 aliphatic heterocycles. The highest BCUT2D eigenvalue weighted by atomic mass is 15.4. The SMILES string of the molecule is CC(C)c1cnn(C)n1.Cc1cc(C(C)C)nn1C. The zero-order valence-corrected chi connectivity index (χ0v) is 13.0. The van der Waals surface area contributed by atoms with E-state index in [4.69, 9.17) is 0 Å². The molecule has 2 aromatic rings. The standard InChI is InChI=1S/C8H14N2.C6H11N3/c1-6(2)8-5-7(3)10(4)9-8;1-5(2)6-4-7-9(3)8-6/h5-6H,1-4H3;4-5H,1-3H3. The van der Waals surface area contributed by atoms with E-state index in [0.29, 0.717) is 11.8 Å². The summed E-state index contributed by atoms with van der Waals surface area (Å²) >= 11 is 0. The molecule has 5 nitrogen and oxygen atoms in total. The first-order valence-corrected chi connectivity index (χ1v) is 6.68. The van der Waals surface area contributed by atoms with Crippen molar-refractivity contribution in [3.05, 3.63) is 29.3 Å². The second-order valence-electron chi connectivity index (χ2n) is 5.40. The van der Waals surface area contributed by atoms with Crippen LogP contribution in [-0.4, -0.2) is 24.8 Å². The van der Waals surface area contributed by atoms with Crippen LogP contribution in [0.15, 0.2) is 12.3 Å². The molecule has 0 spiro atoms. The molecule has 0 aromatic carbocycles. The summed E-state index contributed by atoms with van der Waals surface area (Å²) in [7, 11) is 3.80. The number of hydrogen-bond donors (Lipinski definition) is 0. The fourth-order valence-electron chi connectivity index (χ4n) is 1.50. The Kier molecular flexibility index (Phi) is 5.27. The van der Waals surface area contributed by atoms with Gasteiger partial charge in [-0.1, -0.05) is 27.7 Å². The number of nitrogens with zero attached hydrogens (tertiary/aromatic N) is 5. The first-order chi connectivity index (χ1) is 8.81. The molecular weight excluding hydrogens is 238 g/mol. The van der Waals surface area contributed by atoms with Gasteiger partial charge in [0, 0.05) is 19.8 Å². The van der Waals surface area contributed by atoms with Crippen LogP contribution in [-0.2, 0) is 14.1 Å². The number of hydrogen-bond acceptors (Lipinski definition) is 3. The van der Waals surface area contributed by atoms with Gasteiger partial charge in [0.05, 0.1) is 17.6 Å². The van der Waals surface area contributed by atoms with E-state index in [1.807, 2.05) is 18.8 Å². The molecule has 0 fully saturated rings. The smallest absolute Gasteiger partial charge is 0.0852 e. The summed E-state index contributed by atoms with van der Waals surface area (Å²) in [4.78, 5) is 1.58. The Hall–Kier alpha value is -1.65. The van der Waals surface area contributed by atoms with Crippen LogP contribution in [0.25, 0.3) is 0 Å². The molecule has 0 amide bonds. The average Bonchev–Trinajstić information content (AvgIpc) is 2.88. The monoisotopic (exact) mass is 263 g/mol. The summed E-state index contributed by atoms with van der Waals surface area (Å²) in [6, 6.07) is 2.13. The van der Waals surface area contributed by atoms with Gasteiger partial charge in [-0.25, -0.2) is 0 Å². The maximum atomic E-state index is 4.33. The lowest BCUT2D eigenvalue weighted by atomic mass is 10.1. The summed E-state index contributed by atoms with van der Waals surface area (Å²) in [5.41, 5.74) is 3.46. The maximum Gasteiger partial charge on any atom is 0.0852 e. The topological polar surface area (TPSA) is 48.5 Å². The predicted molar refractivity (Wildman–Crippen MR) is 77.1 cm³/mol. The molecule has 0 aliphatic carbocycles. The normalized spacial score (nSPS) is 10.8. The molecule has 2 heterocycles. The third-order valence-electron chi connectivity index (χ3n) is 2.93. The van der Waals surface area contributed by atoms with E-state index in [9.17, 15) is 0 Å². The zero-order chi connectivity index (χ0) is 14.6. The lowest BCUT2D eigenvalue weighted by Crippen LogP contribution is -1.94. The third-order valence-corrected chi connectivity index (χ3v) is 2.93. The molecule has 0 saturated heterocycles. The first-order valence-electron chi connectivity index (χ1n) is 6.68. The number of aryl methyl sites for hydroxylation is 3. The van der Waals surface area contributed by atoms with Gasteiger partial charge in [-0.05, 0) is 24.8 Å². The molecule has 0 bridgehead atoms. The van der Waals surface area contributed by atoms with Gasteiger partial charge >= 0.3 is 0 Å². The van der Waals surface area contributed by atoms with Gasteiger partial charge in [0.15, 0.2) is 0 Å². The van der Waals surface area contributed by atoms with Gasteiger partial charge in [0.2, 0.25) is 0 Å². The molecule has 0 N–H and O–H groups in total. The third kappa shape index (κ3) is 4.50. The minimum absolute atomic E-state index is 0.485. The summed E-state index contributed by atoms with van der Waals surface area (Å²) in [6.45, 7) is 10.6. The number of aromatic nitrogens is 5. The average molecular weight is 263 g/mol. The molecule has 2 rings (SSSR count). The minimum atomic E-state index is 0.485. The molecule has 106 valence electrons. The molecule has 19 heavy (non-hydrogen) atoms. The molecule has 0 saturated carbocycles. The Labute approximate surface area is 115 Å². The maximum absolute atomic E-state index is 4.33. The Morgan fingerprint density at radius 1 is 0.947 bits per heavy atom. The molecule has 0 radical (unpaired) electrons. The van der Waals surface area contributed by atoms with E-state index in [2.05, 4.69) is 56.0 Å². The van der Waals surface area contributed by atoms with E-state index in [0.717, 1.165) is 5.69 Å². The summed E-state index contributed by atoms with van der Waals surface area (Å²) in [5, 5.41) is 12.4. The van der Waals surface area contributed by atoms with Crippen LogP contribution in [0.1, 0.15) is 56.6 Å². The Balaban J connectivity index is 0.000000191. The van der Waals surface area contributed by atoms with Gasteiger partial charge in [-0.3, -0.25) is 4.68 Å². The minimum Gasteiger partial charge on any atom is -0.273 e. The van der Waals surface area contributed by atoms with Crippen molar-refractivity contribution in [3.8, 4) is 0 Å². The first kappa shape index (κ1) is 15.4. The second-order valence-corrected chi connectivity index (χ2v) is 5.40. The zero-order valence-electron chi connectivity index (χ0n) is 13.0. The molecule has 2 aromatic heterocycles. The lowest BCUT2D eigenvalue weighted by molar-refractivity contribution is 0.636. The van der Waals surface area contributed by atoms with Gasteiger partial charge < -0.3 is 0 Å². The quantitative estimate of drug-likeness (QED) is 0.837. The van der Waals surface area contributed by atoms with Crippen molar-refractivity contribution in [1.82, 2.24) is 24.8 Å². The molecule has 0 atom stereocenters. The van der Waals surface area contributed by atoms with Crippen LogP contribution < -0.4 is 0 Å². The predicted octanol–water partition coefficient (Wildman–Crippen LogP) is 2.79. The van der Waals surface area contributed by atoms with Gasteiger partial charge in [0.1, 0.15) is 0 Å². The number of rotatable bonds is 2. The highest BCUT2D eigenvalue weighted by molar-refractivity contribution is 5.11. The van der Waals surface area contributed by atoms with Crippen LogP contribution in [0, 0.1) is 6.92 Å². The molecular formula is C14H25N5. The van der Waals surface area contributed by atoms with Crippen molar-refractivity contribution in [2.75, 3.05) is 0 Å². The van der Waals surface area contributed by atoms with Crippen molar-refractivity contribution in [2.24, 2.45) is 14.1 Å². The lowest BCUT2D eigenvalue weighted by Gasteiger charge is -1.95. The van der Waals surface area contributed by atoms with Crippen molar-refractivity contribution in [3.63, 3.8) is 0 Å². The van der Waals surface area contributed by atoms with Crippen LogP contribution in [0.2, 0.25) is 0 Å². The van der Waals surface area contributed by atoms with Crippen molar-refractivity contribution >= 4 is 0 Å². The molecule has 5 heteroatoms. The van der Waals surface area contributed by atoms with Crippen LogP contribution in [0.5, 0.6) is 0 Å². The van der Waals surface area contributed by atoms with Crippen LogP contribution in [0.4, 0.5) is 0 Å². The van der Waals surface area contributed by atoms with Crippen LogP contribution in [0.3, 0.4) is 0 Å². The molecule has 0 aliphatic rings. The Bertz CT molecular complexity index is 488. The van der Waals surface area contributed by atoms with E-state index in [-0.39, 0.29) is 0 Å². The van der Waals surface area contributed by atoms with Gasteiger partial charge in [-0.15, -0.1) is 0 Å². The van der Waals surface area contributed by atoms with Crippen molar-refractivity contribution in [2.45, 2.75) is 46.5 Å². The molecule has 0 unspecified atom stereocenters. The van der Waals surface area contributed by atoms with Crippen LogP contribution >= 0.6 is 0 Å². The largest absolute Gasteiger partial charge is 0.273 e. The summed E-state index contributed by atoms with van der Waals surface area (Å²) in [6.07, 6.45) is 1.80. The highest BCUT2D eigenvalue weighted by Crippen LogP contribution is 2.12. The highest BCUT2D eigenvalue weighted by Gasteiger charge is 2.03. The van der Waals surface area contributed by atoms with Crippen molar-refractivity contribution < 1.29 is 0 Å². The van der Waals surface area contributed by atoms with Crippen molar-refractivity contribution in [1.29, 1.82) is 0 Å². The van der Waals surface area contributed by atoms with Gasteiger partial charge in [0.25, 0.3) is 0 Å². The fraction of sp³-hybridized carbons (Fsp3) is 0.643. The Morgan fingerprint density at radius 3 is 1.74 bits per heavy atom. The fourth-order valence-corrected chi connectivity index (χ4v) is 1.50. The van der Waals surface area contributed by atoms with Gasteiger partial charge in [-0.2, -0.15) is 20.1 Å². The van der Waals surface area contributed by atoms with E-state index in [1.54, 1.807) is 11.0 Å². The Morgan fingerprint density at radius 2 is 1.53 bits per heavy atom. The van der Waals surface area contributed by atoms with E-state index < -0.39 is 0 Å². The van der Waals surface area contributed by atoms with E-state index in [1.165, 1.54) is 11.4 Å². The van der Waals surface area contributed by atoms with E-state index >= 15 is 0 Å². The second kappa shape index (κ2) is 6.50. The summed E-state index contributed by atoms with van der Waals surface area (Å²) in [5.74, 6) is 1.03.